The first-order chi connectivity index (χ1) is 13.2. The van der Waals surface area contributed by atoms with Gasteiger partial charge in [0.15, 0.2) is 0 Å². The van der Waals surface area contributed by atoms with Gasteiger partial charge in [0.2, 0.25) is 5.91 Å². The molecule has 0 bridgehead atoms. The predicted octanol–water partition coefficient (Wildman–Crippen LogP) is 3.52. The Balaban J connectivity index is 1.25. The van der Waals surface area contributed by atoms with Crippen molar-refractivity contribution in [2.45, 2.75) is 37.9 Å². The van der Waals surface area contributed by atoms with Gasteiger partial charge in [-0.15, -0.1) is 11.3 Å². The predicted molar refractivity (Wildman–Crippen MR) is 114 cm³/mol. The van der Waals surface area contributed by atoms with Crippen molar-refractivity contribution in [2.75, 3.05) is 12.3 Å². The normalized spacial score (nSPS) is 13.2. The van der Waals surface area contributed by atoms with Crippen LogP contribution in [0.3, 0.4) is 0 Å². The summed E-state index contributed by atoms with van der Waals surface area (Å²) in [6.45, 7) is 0.661. The summed E-state index contributed by atoms with van der Waals surface area (Å²) in [4.78, 5) is 34.0. The van der Waals surface area contributed by atoms with Gasteiger partial charge in [-0.2, -0.15) is 23.1 Å². The Morgan fingerprint density at radius 3 is 3.15 bits per heavy atom. The summed E-state index contributed by atoms with van der Waals surface area (Å²) in [6.07, 6.45) is 3.96. The average Bonchev–Trinajstić information content (AvgIpc) is 3.36. The number of carbonyl (C=O) groups is 1. The number of hydrogen-bond donors (Lipinski definition) is 2. The number of thiophene rings is 2. The van der Waals surface area contributed by atoms with Gasteiger partial charge in [0, 0.05) is 35.8 Å². The van der Waals surface area contributed by atoms with Gasteiger partial charge in [0.25, 0.3) is 5.56 Å². The SMILES string of the molecule is O=C(CCc1nc2sc3c(c2c(=O)[nH]1)CCC3)NCCSCc1ccsc1. The van der Waals surface area contributed by atoms with Gasteiger partial charge in [-0.05, 0) is 47.2 Å². The molecule has 2 N–H and O–H groups in total. The van der Waals surface area contributed by atoms with Crippen LogP contribution in [0.5, 0.6) is 0 Å². The molecule has 142 valence electrons. The molecule has 0 atom stereocenters. The zero-order valence-electron chi connectivity index (χ0n) is 14.9. The summed E-state index contributed by atoms with van der Waals surface area (Å²) in [5.74, 6) is 2.48. The topological polar surface area (TPSA) is 74.8 Å². The van der Waals surface area contributed by atoms with Crippen LogP contribution < -0.4 is 10.9 Å². The first-order valence-corrected chi connectivity index (χ1v) is 12.0. The number of H-pyrrole nitrogens is 1. The zero-order chi connectivity index (χ0) is 18.6. The number of rotatable bonds is 8. The van der Waals surface area contributed by atoms with Crippen LogP contribution >= 0.6 is 34.4 Å². The molecule has 0 saturated heterocycles. The Morgan fingerprint density at radius 1 is 1.37 bits per heavy atom. The summed E-state index contributed by atoms with van der Waals surface area (Å²) in [5, 5.41) is 7.94. The van der Waals surface area contributed by atoms with E-state index in [2.05, 4.69) is 32.1 Å². The Kier molecular flexibility index (Phi) is 5.95. The minimum atomic E-state index is -0.0559. The fraction of sp³-hybridized carbons (Fsp3) is 0.421. The number of thioether (sulfide) groups is 1. The Labute approximate surface area is 169 Å². The monoisotopic (exact) mass is 419 g/mol. The van der Waals surface area contributed by atoms with Gasteiger partial charge in [-0.3, -0.25) is 9.59 Å². The maximum atomic E-state index is 12.4. The number of aryl methyl sites for hydroxylation is 3. The van der Waals surface area contributed by atoms with Crippen molar-refractivity contribution in [1.82, 2.24) is 15.3 Å². The fourth-order valence-electron chi connectivity index (χ4n) is 3.31. The minimum absolute atomic E-state index is 0.00236. The highest BCUT2D eigenvalue weighted by molar-refractivity contribution is 7.98. The van der Waals surface area contributed by atoms with Gasteiger partial charge in [-0.1, -0.05) is 0 Å². The highest BCUT2D eigenvalue weighted by Crippen LogP contribution is 2.34. The van der Waals surface area contributed by atoms with Crippen molar-refractivity contribution in [3.63, 3.8) is 0 Å². The smallest absolute Gasteiger partial charge is 0.259 e. The van der Waals surface area contributed by atoms with Crippen molar-refractivity contribution in [1.29, 1.82) is 0 Å². The first kappa shape index (κ1) is 18.7. The molecule has 3 heterocycles. The molecule has 8 heteroatoms. The van der Waals surface area contributed by atoms with Gasteiger partial charge in [0.05, 0.1) is 5.39 Å². The number of fused-ring (bicyclic) bond motifs is 3. The molecule has 0 unspecified atom stereocenters. The van der Waals surface area contributed by atoms with Crippen LogP contribution in [0, 0.1) is 0 Å². The van der Waals surface area contributed by atoms with E-state index in [1.165, 1.54) is 16.0 Å². The molecule has 0 fully saturated rings. The van der Waals surface area contributed by atoms with Gasteiger partial charge in [-0.25, -0.2) is 4.98 Å². The van der Waals surface area contributed by atoms with Crippen LogP contribution in [0.25, 0.3) is 10.2 Å². The van der Waals surface area contributed by atoms with Gasteiger partial charge >= 0.3 is 0 Å². The molecule has 4 rings (SSSR count). The average molecular weight is 420 g/mol. The molecule has 1 amide bonds. The van der Waals surface area contributed by atoms with Crippen molar-refractivity contribution in [2.24, 2.45) is 0 Å². The molecule has 5 nitrogen and oxygen atoms in total. The lowest BCUT2D eigenvalue weighted by atomic mass is 10.2. The molecule has 27 heavy (non-hydrogen) atoms. The maximum Gasteiger partial charge on any atom is 0.259 e. The lowest BCUT2D eigenvalue weighted by Crippen LogP contribution is -2.26. The van der Waals surface area contributed by atoms with Crippen LogP contribution in [0.4, 0.5) is 0 Å². The Bertz CT molecular complexity index is 992. The summed E-state index contributed by atoms with van der Waals surface area (Å²) < 4.78 is 0. The second kappa shape index (κ2) is 8.58. The van der Waals surface area contributed by atoms with E-state index in [4.69, 9.17) is 0 Å². The van der Waals surface area contributed by atoms with Crippen molar-refractivity contribution in [3.8, 4) is 0 Å². The summed E-state index contributed by atoms with van der Waals surface area (Å²) >= 11 is 5.16. The van der Waals surface area contributed by atoms with E-state index >= 15 is 0 Å². The number of nitrogens with zero attached hydrogens (tertiary/aromatic N) is 1. The molecule has 0 spiro atoms. The molecular weight excluding hydrogens is 398 g/mol. The number of nitrogens with one attached hydrogen (secondary N) is 2. The Morgan fingerprint density at radius 2 is 2.30 bits per heavy atom. The lowest BCUT2D eigenvalue weighted by molar-refractivity contribution is -0.120. The van der Waals surface area contributed by atoms with Crippen LogP contribution in [0.2, 0.25) is 0 Å². The van der Waals surface area contributed by atoms with Crippen molar-refractivity contribution >= 4 is 50.6 Å². The van der Waals surface area contributed by atoms with Gasteiger partial charge in [0.1, 0.15) is 10.7 Å². The molecular formula is C19H21N3O2S3. The van der Waals surface area contributed by atoms with E-state index in [1.54, 1.807) is 22.7 Å². The van der Waals surface area contributed by atoms with Crippen molar-refractivity contribution in [3.05, 3.63) is 49.0 Å². The number of aromatic nitrogens is 2. The third-order valence-electron chi connectivity index (χ3n) is 4.63. The van der Waals surface area contributed by atoms with E-state index in [1.807, 2.05) is 11.8 Å². The second-order valence-electron chi connectivity index (χ2n) is 6.58. The molecule has 1 aliphatic rings. The highest BCUT2D eigenvalue weighted by atomic mass is 32.2. The van der Waals surface area contributed by atoms with E-state index in [-0.39, 0.29) is 11.5 Å². The largest absolute Gasteiger partial charge is 0.355 e. The van der Waals surface area contributed by atoms with Gasteiger partial charge < -0.3 is 10.3 Å². The van der Waals surface area contributed by atoms with Crippen LogP contribution in [-0.4, -0.2) is 28.2 Å². The Hall–Kier alpha value is -1.64. The maximum absolute atomic E-state index is 12.4. The molecule has 0 aromatic carbocycles. The molecule has 3 aromatic rings. The third kappa shape index (κ3) is 4.44. The quantitative estimate of drug-likeness (QED) is 0.548. The fourth-order valence-corrected chi connectivity index (χ4v) is 6.17. The summed E-state index contributed by atoms with van der Waals surface area (Å²) in [5.41, 5.74) is 2.47. The second-order valence-corrected chi connectivity index (χ2v) is 9.55. The van der Waals surface area contributed by atoms with E-state index < -0.39 is 0 Å². The molecule has 0 radical (unpaired) electrons. The number of amides is 1. The first-order valence-electron chi connectivity index (χ1n) is 9.09. The van der Waals surface area contributed by atoms with E-state index in [0.717, 1.165) is 41.0 Å². The molecule has 0 aliphatic heterocycles. The standard InChI is InChI=1S/C19H21N3O2S3/c23-16(20-7-9-26-11-12-6-8-25-10-12)5-4-15-21-18(24)17-13-2-1-3-14(13)27-19(17)22-15/h6,8,10H,1-5,7,9,11H2,(H,20,23)(H,21,22,24). The summed E-state index contributed by atoms with van der Waals surface area (Å²) in [7, 11) is 0. The zero-order valence-corrected chi connectivity index (χ0v) is 17.3. The van der Waals surface area contributed by atoms with Crippen LogP contribution in [0.1, 0.15) is 34.7 Å². The summed E-state index contributed by atoms with van der Waals surface area (Å²) in [6, 6.07) is 2.13. The van der Waals surface area contributed by atoms with Crippen LogP contribution in [-0.2, 0) is 29.8 Å². The lowest BCUT2D eigenvalue weighted by Gasteiger charge is -2.05. The van der Waals surface area contributed by atoms with E-state index in [9.17, 15) is 9.59 Å². The number of carbonyl (C=O) groups excluding carboxylic acids is 1. The highest BCUT2D eigenvalue weighted by Gasteiger charge is 2.21. The number of hydrogen-bond acceptors (Lipinski definition) is 6. The number of aromatic amines is 1. The third-order valence-corrected chi connectivity index (χ3v) is 7.58. The minimum Gasteiger partial charge on any atom is -0.355 e. The van der Waals surface area contributed by atoms with Crippen molar-refractivity contribution < 1.29 is 4.79 Å². The van der Waals surface area contributed by atoms with Crippen LogP contribution in [0.15, 0.2) is 21.6 Å². The molecule has 0 saturated carbocycles. The molecule has 3 aromatic heterocycles. The molecule has 1 aliphatic carbocycles. The van der Waals surface area contributed by atoms with E-state index in [0.29, 0.717) is 25.2 Å².